The van der Waals surface area contributed by atoms with Gasteiger partial charge in [-0.2, -0.15) is 0 Å². The van der Waals surface area contributed by atoms with E-state index in [-0.39, 0.29) is 23.9 Å². The van der Waals surface area contributed by atoms with E-state index in [4.69, 9.17) is 4.74 Å². The van der Waals surface area contributed by atoms with Crippen molar-refractivity contribution < 1.29 is 14.3 Å². The van der Waals surface area contributed by atoms with Gasteiger partial charge in [0.2, 0.25) is 11.8 Å². The van der Waals surface area contributed by atoms with Crippen LogP contribution in [0, 0.1) is 6.92 Å². The van der Waals surface area contributed by atoms with Crippen molar-refractivity contribution in [1.29, 1.82) is 0 Å². The number of hydrogen-bond donors (Lipinski definition) is 2. The van der Waals surface area contributed by atoms with E-state index < -0.39 is 0 Å². The summed E-state index contributed by atoms with van der Waals surface area (Å²) >= 11 is 0. The molecule has 0 radical (unpaired) electrons. The van der Waals surface area contributed by atoms with E-state index in [1.54, 1.807) is 0 Å². The predicted molar refractivity (Wildman–Crippen MR) is 114 cm³/mol. The minimum Gasteiger partial charge on any atom is -0.493 e. The zero-order chi connectivity index (χ0) is 20.5. The first-order chi connectivity index (χ1) is 14.1. The highest BCUT2D eigenvalue weighted by atomic mass is 16.5. The third kappa shape index (κ3) is 6.93. The van der Waals surface area contributed by atoms with Crippen LogP contribution < -0.4 is 15.4 Å². The van der Waals surface area contributed by atoms with Gasteiger partial charge in [0, 0.05) is 12.1 Å². The molecule has 1 saturated carbocycles. The summed E-state index contributed by atoms with van der Waals surface area (Å²) in [5.41, 5.74) is 2.19. The molecule has 0 saturated heterocycles. The second-order valence-corrected chi connectivity index (χ2v) is 7.71. The number of nitrogens with one attached hydrogen (secondary N) is 2. The number of ether oxygens (including phenoxy) is 1. The van der Waals surface area contributed by atoms with E-state index >= 15 is 0 Å². The van der Waals surface area contributed by atoms with Crippen LogP contribution in [0.5, 0.6) is 5.75 Å². The van der Waals surface area contributed by atoms with Gasteiger partial charge in [0.15, 0.2) is 0 Å². The molecule has 3 rings (SSSR count). The summed E-state index contributed by atoms with van der Waals surface area (Å²) < 4.78 is 5.59. The molecule has 0 spiro atoms. The van der Waals surface area contributed by atoms with Crippen molar-refractivity contribution in [2.75, 3.05) is 6.61 Å². The van der Waals surface area contributed by atoms with Crippen LogP contribution in [0.2, 0.25) is 0 Å². The van der Waals surface area contributed by atoms with Gasteiger partial charge in [0.1, 0.15) is 5.75 Å². The van der Waals surface area contributed by atoms with Crippen LogP contribution in [-0.2, 0) is 16.0 Å². The van der Waals surface area contributed by atoms with E-state index in [2.05, 4.69) is 10.6 Å². The van der Waals surface area contributed by atoms with E-state index in [1.807, 2.05) is 61.5 Å². The summed E-state index contributed by atoms with van der Waals surface area (Å²) in [5, 5.41) is 6.24. The summed E-state index contributed by atoms with van der Waals surface area (Å²) in [6.45, 7) is 2.38. The molecule has 29 heavy (non-hydrogen) atoms. The van der Waals surface area contributed by atoms with Crippen molar-refractivity contribution in [2.24, 2.45) is 0 Å². The summed E-state index contributed by atoms with van der Waals surface area (Å²) in [5.74, 6) is 0.819. The lowest BCUT2D eigenvalue weighted by Crippen LogP contribution is -2.46. The Bertz CT molecular complexity index is 807. The van der Waals surface area contributed by atoms with Crippen molar-refractivity contribution in [3.8, 4) is 5.75 Å². The topological polar surface area (TPSA) is 67.4 Å². The van der Waals surface area contributed by atoms with Gasteiger partial charge in [-0.3, -0.25) is 9.59 Å². The number of carbonyl (C=O) groups is 2. The number of carbonyl (C=O) groups excluding carboxylic acids is 2. The van der Waals surface area contributed by atoms with Gasteiger partial charge in [-0.25, -0.2) is 0 Å². The van der Waals surface area contributed by atoms with Crippen molar-refractivity contribution in [3.05, 3.63) is 65.7 Å². The maximum absolute atomic E-state index is 12.4. The van der Waals surface area contributed by atoms with E-state index in [0.717, 1.165) is 42.6 Å². The van der Waals surface area contributed by atoms with Gasteiger partial charge < -0.3 is 15.4 Å². The number of amides is 2. The van der Waals surface area contributed by atoms with E-state index in [1.165, 1.54) is 0 Å². The Balaban J connectivity index is 1.38. The van der Waals surface area contributed by atoms with Crippen molar-refractivity contribution in [2.45, 2.75) is 57.5 Å². The number of benzene rings is 2. The third-order valence-electron chi connectivity index (χ3n) is 5.36. The molecule has 1 fully saturated rings. The molecule has 0 unspecified atom stereocenters. The average molecular weight is 395 g/mol. The number of rotatable bonds is 8. The minimum absolute atomic E-state index is 0.00202. The molecule has 0 bridgehead atoms. The zero-order valence-electron chi connectivity index (χ0n) is 17.0. The Morgan fingerprint density at radius 1 is 0.931 bits per heavy atom. The molecule has 2 amide bonds. The molecular weight excluding hydrogens is 364 g/mol. The van der Waals surface area contributed by atoms with Crippen LogP contribution in [0.4, 0.5) is 0 Å². The van der Waals surface area contributed by atoms with Crippen molar-refractivity contribution >= 4 is 11.8 Å². The molecule has 154 valence electrons. The van der Waals surface area contributed by atoms with Gasteiger partial charge in [0.25, 0.3) is 0 Å². The molecule has 2 aromatic carbocycles. The Labute approximate surface area is 172 Å². The highest BCUT2D eigenvalue weighted by molar-refractivity contribution is 5.79. The molecule has 2 N–H and O–H groups in total. The number of para-hydroxylation sites is 1. The maximum atomic E-state index is 12.4. The summed E-state index contributed by atoms with van der Waals surface area (Å²) in [7, 11) is 0. The molecular formula is C24H30N2O3. The van der Waals surface area contributed by atoms with Crippen LogP contribution in [-0.4, -0.2) is 30.5 Å². The standard InChI is InChI=1S/C24H30N2O3/c1-18-8-5-6-9-19(18)16-24(28)26-21-11-7-10-20(17-21)25-23(27)14-15-29-22-12-3-2-4-13-22/h2-6,8-9,12-13,20-21H,7,10-11,14-17H2,1H3,(H,25,27)(H,26,28)/t20-,21-/m1/s1. The predicted octanol–water partition coefficient (Wildman–Crippen LogP) is 3.55. The molecule has 2 atom stereocenters. The fraction of sp³-hybridized carbons (Fsp3) is 0.417. The number of hydrogen-bond acceptors (Lipinski definition) is 3. The Morgan fingerprint density at radius 3 is 2.31 bits per heavy atom. The van der Waals surface area contributed by atoms with Crippen LogP contribution in [0.25, 0.3) is 0 Å². The van der Waals surface area contributed by atoms with Gasteiger partial charge in [-0.15, -0.1) is 0 Å². The lowest BCUT2D eigenvalue weighted by molar-refractivity contribution is -0.122. The molecule has 2 aromatic rings. The van der Waals surface area contributed by atoms with Crippen LogP contribution >= 0.6 is 0 Å². The van der Waals surface area contributed by atoms with Gasteiger partial charge in [-0.1, -0.05) is 42.5 Å². The molecule has 1 aliphatic rings. The number of aryl methyl sites for hydroxylation is 1. The Kier molecular flexibility index (Phi) is 7.68. The van der Waals surface area contributed by atoms with Crippen molar-refractivity contribution in [1.82, 2.24) is 10.6 Å². The van der Waals surface area contributed by atoms with Crippen LogP contribution in [0.1, 0.15) is 43.2 Å². The zero-order valence-corrected chi connectivity index (χ0v) is 17.0. The maximum Gasteiger partial charge on any atom is 0.224 e. The van der Waals surface area contributed by atoms with Crippen LogP contribution in [0.3, 0.4) is 0 Å². The van der Waals surface area contributed by atoms with E-state index in [0.29, 0.717) is 19.4 Å². The minimum atomic E-state index is -0.00202. The van der Waals surface area contributed by atoms with Crippen molar-refractivity contribution in [3.63, 3.8) is 0 Å². The SMILES string of the molecule is Cc1ccccc1CC(=O)N[C@@H]1CCC[C@@H](NC(=O)CCOc2ccccc2)C1. The van der Waals surface area contributed by atoms with Crippen LogP contribution in [0.15, 0.2) is 54.6 Å². The molecule has 0 heterocycles. The van der Waals surface area contributed by atoms with Gasteiger partial charge in [-0.05, 0) is 55.9 Å². The molecule has 0 aliphatic heterocycles. The normalized spacial score (nSPS) is 18.7. The summed E-state index contributed by atoms with van der Waals surface area (Å²) in [6, 6.07) is 17.7. The monoisotopic (exact) mass is 394 g/mol. The second-order valence-electron chi connectivity index (χ2n) is 7.71. The highest BCUT2D eigenvalue weighted by Crippen LogP contribution is 2.19. The first-order valence-corrected chi connectivity index (χ1v) is 10.4. The molecule has 0 aromatic heterocycles. The first-order valence-electron chi connectivity index (χ1n) is 10.4. The largest absolute Gasteiger partial charge is 0.493 e. The average Bonchev–Trinajstić information content (AvgIpc) is 2.71. The fourth-order valence-electron chi connectivity index (χ4n) is 3.79. The van der Waals surface area contributed by atoms with Gasteiger partial charge in [0.05, 0.1) is 19.4 Å². The van der Waals surface area contributed by atoms with Gasteiger partial charge >= 0.3 is 0 Å². The molecule has 5 heteroatoms. The summed E-state index contributed by atoms with van der Waals surface area (Å²) in [6.07, 6.45) is 4.43. The quantitative estimate of drug-likeness (QED) is 0.720. The second kappa shape index (κ2) is 10.6. The molecule has 1 aliphatic carbocycles. The van der Waals surface area contributed by atoms with E-state index in [9.17, 15) is 9.59 Å². The highest BCUT2D eigenvalue weighted by Gasteiger charge is 2.24. The lowest BCUT2D eigenvalue weighted by atomic mass is 9.90. The Morgan fingerprint density at radius 2 is 1.59 bits per heavy atom. The molecule has 5 nitrogen and oxygen atoms in total. The smallest absolute Gasteiger partial charge is 0.224 e. The Hall–Kier alpha value is -2.82. The fourth-order valence-corrected chi connectivity index (χ4v) is 3.79. The lowest BCUT2D eigenvalue weighted by Gasteiger charge is -2.30. The third-order valence-corrected chi connectivity index (χ3v) is 5.36. The first kappa shape index (κ1) is 20.9. The summed E-state index contributed by atoms with van der Waals surface area (Å²) in [4.78, 5) is 24.7.